The molecule has 0 spiro atoms. The minimum atomic E-state index is -4.48. The van der Waals surface area contributed by atoms with Crippen molar-refractivity contribution in [3.05, 3.63) is 22.8 Å². The van der Waals surface area contributed by atoms with Crippen molar-refractivity contribution in [2.24, 2.45) is 0 Å². The third kappa shape index (κ3) is 3.53. The van der Waals surface area contributed by atoms with Gasteiger partial charge in [-0.1, -0.05) is 11.6 Å². The maximum absolute atomic E-state index is 12.8. The second-order valence-corrected chi connectivity index (χ2v) is 5.08. The highest BCUT2D eigenvalue weighted by Crippen LogP contribution is 2.33. The van der Waals surface area contributed by atoms with Crippen LogP contribution in [0.2, 0.25) is 5.15 Å². The highest BCUT2D eigenvalue weighted by atomic mass is 35.5. The Hall–Kier alpha value is -1.05. The van der Waals surface area contributed by atoms with Gasteiger partial charge in [-0.3, -0.25) is 0 Å². The van der Waals surface area contributed by atoms with E-state index >= 15 is 0 Å². The molecule has 0 radical (unpaired) electrons. The van der Waals surface area contributed by atoms with E-state index in [1.54, 1.807) is 11.8 Å². The third-order valence-electron chi connectivity index (χ3n) is 2.96. The van der Waals surface area contributed by atoms with Gasteiger partial charge in [-0.2, -0.15) is 13.2 Å². The highest BCUT2D eigenvalue weighted by Gasteiger charge is 2.33. The fraction of sp³-hybridized carbons (Fsp3) is 0.583. The summed E-state index contributed by atoms with van der Waals surface area (Å²) in [5, 5.41) is 8.92. The topological polar surface area (TPSA) is 45.6 Å². The number of hydrogen-bond donors (Lipinski definition) is 1. The van der Waals surface area contributed by atoms with Gasteiger partial charge in [0.05, 0.1) is 24.4 Å². The molecule has 0 bridgehead atoms. The zero-order valence-corrected chi connectivity index (χ0v) is 11.4. The average molecular weight is 311 g/mol. The SMILES string of the molecule is CC1CN(c2cc(C(F)(F)F)cc(Cl)n2)CC(CO)O1. The van der Waals surface area contributed by atoms with Crippen LogP contribution in [0.15, 0.2) is 12.1 Å². The van der Waals surface area contributed by atoms with E-state index in [-0.39, 0.29) is 30.2 Å². The second kappa shape index (κ2) is 5.75. The summed E-state index contributed by atoms with van der Waals surface area (Å²) in [4.78, 5) is 5.56. The molecule has 2 rings (SSSR count). The van der Waals surface area contributed by atoms with Crippen LogP contribution in [0.4, 0.5) is 19.0 Å². The van der Waals surface area contributed by atoms with Gasteiger partial charge in [0.1, 0.15) is 11.0 Å². The van der Waals surface area contributed by atoms with Crippen LogP contribution in [0, 0.1) is 0 Å². The number of rotatable bonds is 2. The van der Waals surface area contributed by atoms with Gasteiger partial charge in [0.15, 0.2) is 0 Å². The van der Waals surface area contributed by atoms with Crippen LogP contribution in [-0.2, 0) is 10.9 Å². The number of aliphatic hydroxyl groups excluding tert-OH is 1. The maximum Gasteiger partial charge on any atom is 0.416 e. The smallest absolute Gasteiger partial charge is 0.394 e. The molecule has 1 fully saturated rings. The van der Waals surface area contributed by atoms with Crippen molar-refractivity contribution in [3.8, 4) is 0 Å². The van der Waals surface area contributed by atoms with E-state index in [4.69, 9.17) is 21.4 Å². The van der Waals surface area contributed by atoms with Crippen LogP contribution in [-0.4, -0.2) is 42.0 Å². The zero-order chi connectivity index (χ0) is 14.9. The molecule has 112 valence electrons. The number of nitrogens with zero attached hydrogens (tertiary/aromatic N) is 2. The van der Waals surface area contributed by atoms with E-state index in [1.165, 1.54) is 0 Å². The first-order valence-electron chi connectivity index (χ1n) is 6.05. The standard InChI is InChI=1S/C12H14ClF3N2O2/c1-7-4-18(5-9(6-19)20-7)11-3-8(12(14,15)16)2-10(13)17-11/h2-3,7,9,19H,4-6H2,1H3. The number of alkyl halides is 3. The molecule has 0 saturated carbocycles. The van der Waals surface area contributed by atoms with Crippen molar-refractivity contribution in [2.45, 2.75) is 25.3 Å². The molecule has 2 unspecified atom stereocenters. The first-order valence-corrected chi connectivity index (χ1v) is 6.43. The predicted octanol–water partition coefficient (Wildman–Crippen LogP) is 2.34. The quantitative estimate of drug-likeness (QED) is 0.852. The fourth-order valence-corrected chi connectivity index (χ4v) is 2.35. The molecule has 2 atom stereocenters. The van der Waals surface area contributed by atoms with Crippen LogP contribution in [0.25, 0.3) is 0 Å². The van der Waals surface area contributed by atoms with E-state index in [1.807, 2.05) is 0 Å². The number of aromatic nitrogens is 1. The summed E-state index contributed by atoms with van der Waals surface area (Å²) in [6, 6.07) is 1.75. The summed E-state index contributed by atoms with van der Waals surface area (Å²) in [5.41, 5.74) is -0.841. The Morgan fingerprint density at radius 1 is 1.45 bits per heavy atom. The van der Waals surface area contributed by atoms with E-state index < -0.39 is 17.8 Å². The van der Waals surface area contributed by atoms with Crippen molar-refractivity contribution >= 4 is 17.4 Å². The molecule has 1 aliphatic rings. The molecule has 0 aromatic carbocycles. The largest absolute Gasteiger partial charge is 0.416 e. The fourth-order valence-electron chi connectivity index (χ4n) is 2.14. The summed E-state index contributed by atoms with van der Waals surface area (Å²) >= 11 is 5.66. The van der Waals surface area contributed by atoms with E-state index in [0.29, 0.717) is 6.54 Å². The van der Waals surface area contributed by atoms with Gasteiger partial charge in [0, 0.05) is 13.1 Å². The van der Waals surface area contributed by atoms with Gasteiger partial charge in [0.25, 0.3) is 0 Å². The van der Waals surface area contributed by atoms with Crippen molar-refractivity contribution in [2.75, 3.05) is 24.6 Å². The molecular formula is C12H14ClF3N2O2. The summed E-state index contributed by atoms with van der Waals surface area (Å²) in [6.45, 7) is 2.24. The molecule has 1 N–H and O–H groups in total. The average Bonchev–Trinajstić information content (AvgIpc) is 2.36. The molecule has 0 amide bonds. The molecule has 1 aromatic rings. The predicted molar refractivity (Wildman–Crippen MR) is 67.9 cm³/mol. The lowest BCUT2D eigenvalue weighted by atomic mass is 10.2. The molecule has 1 aromatic heterocycles. The molecule has 2 heterocycles. The van der Waals surface area contributed by atoms with Gasteiger partial charge in [-0.25, -0.2) is 4.98 Å². The monoisotopic (exact) mass is 310 g/mol. The van der Waals surface area contributed by atoms with Crippen LogP contribution in [0.5, 0.6) is 0 Å². The van der Waals surface area contributed by atoms with Gasteiger partial charge < -0.3 is 14.7 Å². The number of hydrogen-bond acceptors (Lipinski definition) is 4. The normalized spacial score (nSPS) is 24.0. The first-order chi connectivity index (χ1) is 9.29. The number of pyridine rings is 1. The van der Waals surface area contributed by atoms with Crippen LogP contribution >= 0.6 is 11.6 Å². The first kappa shape index (κ1) is 15.3. The Balaban J connectivity index is 2.30. The van der Waals surface area contributed by atoms with E-state index in [9.17, 15) is 13.2 Å². The molecule has 20 heavy (non-hydrogen) atoms. The number of halogens is 4. The second-order valence-electron chi connectivity index (χ2n) is 4.69. The van der Waals surface area contributed by atoms with Gasteiger partial charge in [0.2, 0.25) is 0 Å². The zero-order valence-electron chi connectivity index (χ0n) is 10.7. The molecule has 1 aliphatic heterocycles. The van der Waals surface area contributed by atoms with Gasteiger partial charge in [-0.15, -0.1) is 0 Å². The maximum atomic E-state index is 12.8. The third-order valence-corrected chi connectivity index (χ3v) is 3.16. The summed E-state index contributed by atoms with van der Waals surface area (Å²) in [5.74, 6) is 0.137. The minimum absolute atomic E-state index is 0.137. The molecule has 4 nitrogen and oxygen atoms in total. The Morgan fingerprint density at radius 2 is 2.15 bits per heavy atom. The Labute approximate surface area is 119 Å². The molecule has 8 heteroatoms. The number of anilines is 1. The Kier molecular flexibility index (Phi) is 4.41. The Morgan fingerprint density at radius 3 is 2.75 bits per heavy atom. The van der Waals surface area contributed by atoms with Crippen LogP contribution in [0.1, 0.15) is 12.5 Å². The van der Waals surface area contributed by atoms with Crippen molar-refractivity contribution in [1.29, 1.82) is 0 Å². The summed E-state index contributed by atoms with van der Waals surface area (Å²) in [6.07, 6.45) is -5.14. The lowest BCUT2D eigenvalue weighted by Gasteiger charge is -2.37. The number of aliphatic hydroxyl groups is 1. The van der Waals surface area contributed by atoms with E-state index in [2.05, 4.69) is 4.98 Å². The highest BCUT2D eigenvalue weighted by molar-refractivity contribution is 6.29. The van der Waals surface area contributed by atoms with Gasteiger partial charge in [-0.05, 0) is 19.1 Å². The lowest BCUT2D eigenvalue weighted by molar-refractivity contribution is -0.137. The molecule has 0 aliphatic carbocycles. The molecular weight excluding hydrogens is 297 g/mol. The van der Waals surface area contributed by atoms with Crippen LogP contribution in [0.3, 0.4) is 0 Å². The van der Waals surface area contributed by atoms with E-state index in [0.717, 1.165) is 12.1 Å². The minimum Gasteiger partial charge on any atom is -0.394 e. The van der Waals surface area contributed by atoms with Crippen molar-refractivity contribution in [1.82, 2.24) is 4.98 Å². The number of morpholine rings is 1. The summed E-state index contributed by atoms with van der Waals surface area (Å²) < 4.78 is 43.7. The molecule has 1 saturated heterocycles. The van der Waals surface area contributed by atoms with Crippen molar-refractivity contribution in [3.63, 3.8) is 0 Å². The lowest BCUT2D eigenvalue weighted by Crippen LogP contribution is -2.48. The van der Waals surface area contributed by atoms with Crippen molar-refractivity contribution < 1.29 is 23.0 Å². The number of ether oxygens (including phenoxy) is 1. The van der Waals surface area contributed by atoms with Gasteiger partial charge >= 0.3 is 6.18 Å². The Bertz CT molecular complexity index is 484. The summed E-state index contributed by atoms with van der Waals surface area (Å²) in [7, 11) is 0. The van der Waals surface area contributed by atoms with Crippen LogP contribution < -0.4 is 4.90 Å².